The number of H-pyrrole nitrogens is 1. The number of carbonyl (C=O) groups excluding carboxylic acids is 1. The second-order valence-corrected chi connectivity index (χ2v) is 7.30. The van der Waals surface area contributed by atoms with Gasteiger partial charge in [-0.2, -0.15) is 0 Å². The second-order valence-electron chi connectivity index (χ2n) is 7.30. The van der Waals surface area contributed by atoms with Crippen LogP contribution in [0.15, 0.2) is 54.6 Å². The molecule has 150 valence electrons. The lowest BCUT2D eigenvalue weighted by molar-refractivity contribution is -0.139. The van der Waals surface area contributed by atoms with Crippen molar-refractivity contribution in [3.05, 3.63) is 65.9 Å². The zero-order valence-electron chi connectivity index (χ0n) is 15.8. The Bertz CT molecular complexity index is 1020. The summed E-state index contributed by atoms with van der Waals surface area (Å²) in [4.78, 5) is 28.4. The van der Waals surface area contributed by atoms with Crippen molar-refractivity contribution in [1.29, 1.82) is 0 Å². The van der Waals surface area contributed by atoms with E-state index in [1.807, 2.05) is 30.3 Å². The Morgan fingerprint density at radius 1 is 1.07 bits per heavy atom. The summed E-state index contributed by atoms with van der Waals surface area (Å²) in [6.45, 7) is 0.407. The number of carboxylic acids is 1. The molecule has 3 N–H and O–H groups in total. The Balaban J connectivity index is 1.44. The molecule has 2 aromatic carbocycles. The molecule has 1 saturated heterocycles. The molecule has 0 spiro atoms. The first-order valence-electron chi connectivity index (χ1n) is 9.49. The van der Waals surface area contributed by atoms with Crippen LogP contribution in [0.25, 0.3) is 10.9 Å². The van der Waals surface area contributed by atoms with Gasteiger partial charge in [0.05, 0.1) is 5.60 Å². The van der Waals surface area contributed by atoms with Crippen LogP contribution >= 0.6 is 0 Å². The largest absolute Gasteiger partial charge is 0.482 e. The molecular formula is C22H22N2O5. The normalized spacial score (nSPS) is 16.0. The number of likely N-dealkylation sites (tertiary alicyclic amines) is 1. The fourth-order valence-corrected chi connectivity index (χ4v) is 3.75. The summed E-state index contributed by atoms with van der Waals surface area (Å²) in [7, 11) is 0. The number of nitrogens with zero attached hydrogens (tertiary/aromatic N) is 1. The van der Waals surface area contributed by atoms with Crippen LogP contribution in [0.4, 0.5) is 0 Å². The maximum absolute atomic E-state index is 12.9. The molecular weight excluding hydrogens is 372 g/mol. The number of nitrogens with one attached hydrogen (secondary N) is 1. The number of carboxylic acid groups (broad SMARTS) is 1. The number of rotatable bonds is 5. The fraction of sp³-hybridized carbons (Fsp3) is 0.273. The van der Waals surface area contributed by atoms with Crippen LogP contribution in [-0.4, -0.2) is 51.7 Å². The molecule has 0 radical (unpaired) electrons. The van der Waals surface area contributed by atoms with Crippen molar-refractivity contribution in [3.8, 4) is 5.75 Å². The zero-order chi connectivity index (χ0) is 20.4. The quantitative estimate of drug-likeness (QED) is 0.617. The van der Waals surface area contributed by atoms with Crippen LogP contribution in [0, 0.1) is 0 Å². The van der Waals surface area contributed by atoms with E-state index in [-0.39, 0.29) is 5.91 Å². The Hall–Kier alpha value is -3.32. The van der Waals surface area contributed by atoms with Gasteiger partial charge >= 0.3 is 5.97 Å². The number of benzene rings is 2. The molecule has 0 aliphatic carbocycles. The fourth-order valence-electron chi connectivity index (χ4n) is 3.75. The monoisotopic (exact) mass is 394 g/mol. The summed E-state index contributed by atoms with van der Waals surface area (Å²) in [5.74, 6) is -0.741. The average Bonchev–Trinajstić information content (AvgIpc) is 3.17. The van der Waals surface area contributed by atoms with E-state index in [0.29, 0.717) is 42.9 Å². The molecule has 1 fully saturated rings. The molecule has 7 nitrogen and oxygen atoms in total. The zero-order valence-corrected chi connectivity index (χ0v) is 15.8. The van der Waals surface area contributed by atoms with Crippen molar-refractivity contribution < 1.29 is 24.5 Å². The van der Waals surface area contributed by atoms with Gasteiger partial charge in [0.15, 0.2) is 6.61 Å². The Labute approximate surface area is 167 Å². The summed E-state index contributed by atoms with van der Waals surface area (Å²) >= 11 is 0. The van der Waals surface area contributed by atoms with Crippen molar-refractivity contribution in [2.24, 2.45) is 0 Å². The van der Waals surface area contributed by atoms with E-state index in [9.17, 15) is 14.7 Å². The highest BCUT2D eigenvalue weighted by Crippen LogP contribution is 2.35. The van der Waals surface area contributed by atoms with Crippen LogP contribution in [0.5, 0.6) is 5.75 Å². The van der Waals surface area contributed by atoms with E-state index in [1.165, 1.54) is 0 Å². The van der Waals surface area contributed by atoms with Gasteiger partial charge in [-0.05, 0) is 42.7 Å². The minimum Gasteiger partial charge on any atom is -0.482 e. The van der Waals surface area contributed by atoms with Gasteiger partial charge in [-0.1, -0.05) is 30.3 Å². The maximum Gasteiger partial charge on any atom is 0.341 e. The number of amides is 1. The minimum atomic E-state index is -1.08. The predicted molar refractivity (Wildman–Crippen MR) is 107 cm³/mol. The van der Waals surface area contributed by atoms with E-state index in [2.05, 4.69) is 4.98 Å². The molecule has 1 aliphatic heterocycles. The molecule has 1 amide bonds. The molecule has 2 heterocycles. The van der Waals surface area contributed by atoms with Crippen molar-refractivity contribution in [2.45, 2.75) is 18.4 Å². The van der Waals surface area contributed by atoms with Crippen LogP contribution < -0.4 is 4.74 Å². The number of carbonyl (C=O) groups is 2. The SMILES string of the molecule is O=C(O)COc1cccc(C2(O)CCN(C(=O)c3cc4ccccc4[nH]3)CC2)c1. The lowest BCUT2D eigenvalue weighted by Crippen LogP contribution is -2.45. The molecule has 0 unspecified atom stereocenters. The van der Waals surface area contributed by atoms with Crippen molar-refractivity contribution in [1.82, 2.24) is 9.88 Å². The van der Waals surface area contributed by atoms with E-state index in [4.69, 9.17) is 9.84 Å². The highest BCUT2D eigenvalue weighted by molar-refractivity contribution is 5.98. The summed E-state index contributed by atoms with van der Waals surface area (Å²) in [5.41, 5.74) is 1.04. The summed E-state index contributed by atoms with van der Waals surface area (Å²) < 4.78 is 5.21. The second kappa shape index (κ2) is 7.60. The maximum atomic E-state index is 12.9. The number of aromatic amines is 1. The van der Waals surface area contributed by atoms with Gasteiger partial charge in [0.2, 0.25) is 0 Å². The molecule has 7 heteroatoms. The lowest BCUT2D eigenvalue weighted by Gasteiger charge is -2.38. The number of piperidine rings is 1. The van der Waals surface area contributed by atoms with Crippen LogP contribution in [-0.2, 0) is 10.4 Å². The van der Waals surface area contributed by atoms with E-state index >= 15 is 0 Å². The van der Waals surface area contributed by atoms with Crippen LogP contribution in [0.2, 0.25) is 0 Å². The predicted octanol–water partition coefficient (Wildman–Crippen LogP) is 2.76. The van der Waals surface area contributed by atoms with Crippen LogP contribution in [0.3, 0.4) is 0 Å². The molecule has 0 atom stereocenters. The van der Waals surface area contributed by atoms with Crippen molar-refractivity contribution >= 4 is 22.8 Å². The topological polar surface area (TPSA) is 103 Å². The van der Waals surface area contributed by atoms with Gasteiger partial charge in [0, 0.05) is 24.0 Å². The number of aromatic nitrogens is 1. The van der Waals surface area contributed by atoms with Crippen molar-refractivity contribution in [2.75, 3.05) is 19.7 Å². The lowest BCUT2D eigenvalue weighted by atomic mass is 9.84. The van der Waals surface area contributed by atoms with Crippen LogP contribution in [0.1, 0.15) is 28.9 Å². The number of para-hydroxylation sites is 1. The molecule has 29 heavy (non-hydrogen) atoms. The summed E-state index contributed by atoms with van der Waals surface area (Å²) in [6, 6.07) is 16.4. The molecule has 1 aromatic heterocycles. The first kappa shape index (κ1) is 19.0. The number of hydrogen-bond donors (Lipinski definition) is 3. The van der Waals surface area contributed by atoms with E-state index in [1.54, 1.807) is 29.2 Å². The number of fused-ring (bicyclic) bond motifs is 1. The van der Waals surface area contributed by atoms with Crippen molar-refractivity contribution in [3.63, 3.8) is 0 Å². The highest BCUT2D eigenvalue weighted by Gasteiger charge is 2.36. The number of aliphatic carboxylic acids is 1. The van der Waals surface area contributed by atoms with Gasteiger partial charge in [-0.15, -0.1) is 0 Å². The standard InChI is InChI=1S/C22H22N2O5/c25-20(26)14-29-17-6-3-5-16(13-17)22(28)8-10-24(11-9-22)21(27)19-12-15-4-1-2-7-18(15)23-19/h1-7,12-13,23,28H,8-11,14H2,(H,25,26). The van der Waals surface area contributed by atoms with Gasteiger partial charge < -0.3 is 24.8 Å². The van der Waals surface area contributed by atoms with Gasteiger partial charge in [-0.3, -0.25) is 4.79 Å². The summed E-state index contributed by atoms with van der Waals surface area (Å²) in [6.07, 6.45) is 0.780. The smallest absolute Gasteiger partial charge is 0.341 e. The third-order valence-electron chi connectivity index (χ3n) is 5.37. The minimum absolute atomic E-state index is 0.0817. The third kappa shape index (κ3) is 3.95. The molecule has 4 rings (SSSR count). The van der Waals surface area contributed by atoms with E-state index in [0.717, 1.165) is 10.9 Å². The molecule has 3 aromatic rings. The van der Waals surface area contributed by atoms with Gasteiger partial charge in [0.1, 0.15) is 11.4 Å². The highest BCUT2D eigenvalue weighted by atomic mass is 16.5. The number of ether oxygens (including phenoxy) is 1. The third-order valence-corrected chi connectivity index (χ3v) is 5.37. The molecule has 0 bridgehead atoms. The van der Waals surface area contributed by atoms with Gasteiger partial charge in [0.25, 0.3) is 5.91 Å². The Kier molecular flexibility index (Phi) is 4.98. The summed E-state index contributed by atoms with van der Waals surface area (Å²) in [5, 5.41) is 20.9. The Morgan fingerprint density at radius 3 is 2.55 bits per heavy atom. The number of aliphatic hydroxyl groups is 1. The average molecular weight is 394 g/mol. The first-order chi connectivity index (χ1) is 13.9. The van der Waals surface area contributed by atoms with E-state index < -0.39 is 18.2 Å². The molecule has 0 saturated carbocycles. The number of hydrogen-bond acceptors (Lipinski definition) is 4. The first-order valence-corrected chi connectivity index (χ1v) is 9.49. The Morgan fingerprint density at radius 2 is 1.83 bits per heavy atom. The molecule has 1 aliphatic rings. The van der Waals surface area contributed by atoms with Gasteiger partial charge in [-0.25, -0.2) is 4.79 Å².